The third-order valence-electron chi connectivity index (χ3n) is 3.95. The minimum absolute atomic E-state index is 0.201. The van der Waals surface area contributed by atoms with Gasteiger partial charge in [0, 0.05) is 25.6 Å². The SMILES string of the molecule is CC(C)CCN(C)C(=O)C1CCC(N)CC1C. The van der Waals surface area contributed by atoms with Gasteiger partial charge in [-0.25, -0.2) is 0 Å². The number of nitrogens with two attached hydrogens (primary N) is 1. The highest BCUT2D eigenvalue weighted by molar-refractivity contribution is 5.79. The smallest absolute Gasteiger partial charge is 0.225 e. The van der Waals surface area contributed by atoms with E-state index in [2.05, 4.69) is 20.8 Å². The quantitative estimate of drug-likeness (QED) is 0.819. The van der Waals surface area contributed by atoms with Crippen LogP contribution in [0.15, 0.2) is 0 Å². The van der Waals surface area contributed by atoms with E-state index in [9.17, 15) is 4.79 Å². The van der Waals surface area contributed by atoms with Gasteiger partial charge in [-0.1, -0.05) is 20.8 Å². The van der Waals surface area contributed by atoms with Crippen molar-refractivity contribution in [2.45, 2.75) is 52.5 Å². The largest absolute Gasteiger partial charge is 0.346 e. The molecule has 3 atom stereocenters. The molecular formula is C14H28N2O. The van der Waals surface area contributed by atoms with E-state index in [0.29, 0.717) is 23.8 Å². The van der Waals surface area contributed by atoms with Crippen LogP contribution in [0.4, 0.5) is 0 Å². The molecule has 0 aromatic carbocycles. The Bertz CT molecular complexity index is 253. The Labute approximate surface area is 106 Å². The van der Waals surface area contributed by atoms with E-state index in [1.807, 2.05) is 11.9 Å². The number of carbonyl (C=O) groups is 1. The fraction of sp³-hybridized carbons (Fsp3) is 0.929. The molecule has 1 aliphatic carbocycles. The van der Waals surface area contributed by atoms with Gasteiger partial charge in [0.25, 0.3) is 0 Å². The van der Waals surface area contributed by atoms with Gasteiger partial charge in [-0.3, -0.25) is 4.79 Å². The van der Waals surface area contributed by atoms with Crippen LogP contribution in [-0.4, -0.2) is 30.4 Å². The van der Waals surface area contributed by atoms with E-state index in [1.54, 1.807) is 0 Å². The highest BCUT2D eigenvalue weighted by Crippen LogP contribution is 2.30. The van der Waals surface area contributed by atoms with Gasteiger partial charge in [-0.05, 0) is 37.5 Å². The first-order valence-corrected chi connectivity index (χ1v) is 6.92. The van der Waals surface area contributed by atoms with Crippen LogP contribution in [0.5, 0.6) is 0 Å². The van der Waals surface area contributed by atoms with Crippen LogP contribution >= 0.6 is 0 Å². The van der Waals surface area contributed by atoms with Crippen LogP contribution in [0.2, 0.25) is 0 Å². The van der Waals surface area contributed by atoms with Crippen molar-refractivity contribution in [3.8, 4) is 0 Å². The van der Waals surface area contributed by atoms with Gasteiger partial charge in [-0.2, -0.15) is 0 Å². The van der Waals surface area contributed by atoms with E-state index in [-0.39, 0.29) is 5.92 Å². The molecule has 1 amide bonds. The third-order valence-corrected chi connectivity index (χ3v) is 3.95. The first-order chi connectivity index (χ1) is 7.91. The fourth-order valence-corrected chi connectivity index (χ4v) is 2.65. The van der Waals surface area contributed by atoms with E-state index in [1.165, 1.54) is 0 Å². The molecule has 100 valence electrons. The van der Waals surface area contributed by atoms with Crippen LogP contribution in [0.1, 0.15) is 46.5 Å². The Hall–Kier alpha value is -0.570. The maximum Gasteiger partial charge on any atom is 0.225 e. The molecule has 1 fully saturated rings. The Kier molecular flexibility index (Phi) is 5.44. The zero-order valence-corrected chi connectivity index (χ0v) is 11.8. The van der Waals surface area contributed by atoms with Crippen molar-refractivity contribution in [3.63, 3.8) is 0 Å². The molecule has 17 heavy (non-hydrogen) atoms. The number of amides is 1. The van der Waals surface area contributed by atoms with Crippen molar-refractivity contribution in [1.82, 2.24) is 4.90 Å². The molecule has 3 heteroatoms. The Morgan fingerprint density at radius 2 is 2.06 bits per heavy atom. The second-order valence-corrected chi connectivity index (χ2v) is 6.10. The van der Waals surface area contributed by atoms with Crippen molar-refractivity contribution in [3.05, 3.63) is 0 Å². The summed E-state index contributed by atoms with van der Waals surface area (Å²) >= 11 is 0. The molecule has 0 radical (unpaired) electrons. The molecule has 3 nitrogen and oxygen atoms in total. The van der Waals surface area contributed by atoms with Crippen LogP contribution in [-0.2, 0) is 4.79 Å². The van der Waals surface area contributed by atoms with Crippen LogP contribution in [0, 0.1) is 17.8 Å². The van der Waals surface area contributed by atoms with Crippen molar-refractivity contribution in [2.24, 2.45) is 23.5 Å². The number of hydrogen-bond donors (Lipinski definition) is 1. The lowest BCUT2D eigenvalue weighted by Crippen LogP contribution is -2.42. The second-order valence-electron chi connectivity index (χ2n) is 6.10. The Morgan fingerprint density at radius 1 is 1.41 bits per heavy atom. The molecule has 0 bridgehead atoms. The molecule has 0 aromatic rings. The minimum atomic E-state index is 0.201. The predicted octanol–water partition coefficient (Wildman–Crippen LogP) is 2.25. The summed E-state index contributed by atoms with van der Waals surface area (Å²) in [6, 6.07) is 0.301. The molecule has 1 rings (SSSR count). The summed E-state index contributed by atoms with van der Waals surface area (Å²) in [7, 11) is 1.94. The van der Waals surface area contributed by atoms with Crippen molar-refractivity contribution in [2.75, 3.05) is 13.6 Å². The van der Waals surface area contributed by atoms with E-state index in [4.69, 9.17) is 5.73 Å². The van der Waals surface area contributed by atoms with Gasteiger partial charge < -0.3 is 10.6 Å². The average Bonchev–Trinajstić information content (AvgIpc) is 2.25. The second kappa shape index (κ2) is 6.39. The van der Waals surface area contributed by atoms with Gasteiger partial charge >= 0.3 is 0 Å². The number of nitrogens with zero attached hydrogens (tertiary/aromatic N) is 1. The first kappa shape index (κ1) is 14.5. The maximum absolute atomic E-state index is 12.3. The van der Waals surface area contributed by atoms with Gasteiger partial charge in [0.15, 0.2) is 0 Å². The van der Waals surface area contributed by atoms with E-state index < -0.39 is 0 Å². The van der Waals surface area contributed by atoms with E-state index in [0.717, 1.165) is 32.2 Å². The lowest BCUT2D eigenvalue weighted by Gasteiger charge is -2.34. The van der Waals surface area contributed by atoms with Crippen LogP contribution in [0.3, 0.4) is 0 Å². The van der Waals surface area contributed by atoms with E-state index >= 15 is 0 Å². The molecule has 0 saturated heterocycles. The van der Waals surface area contributed by atoms with Gasteiger partial charge in [-0.15, -0.1) is 0 Å². The summed E-state index contributed by atoms with van der Waals surface area (Å²) in [5, 5.41) is 0. The Balaban J connectivity index is 2.45. The van der Waals surface area contributed by atoms with Crippen molar-refractivity contribution in [1.29, 1.82) is 0 Å². The number of rotatable bonds is 4. The number of carbonyl (C=O) groups excluding carboxylic acids is 1. The highest BCUT2D eigenvalue weighted by atomic mass is 16.2. The molecule has 0 aromatic heterocycles. The summed E-state index contributed by atoms with van der Waals surface area (Å²) in [6.07, 6.45) is 4.04. The number of hydrogen-bond acceptors (Lipinski definition) is 2. The molecule has 1 saturated carbocycles. The molecule has 2 N–H and O–H groups in total. The molecule has 0 aliphatic heterocycles. The summed E-state index contributed by atoms with van der Waals surface area (Å²) in [6.45, 7) is 7.44. The zero-order valence-electron chi connectivity index (χ0n) is 11.8. The highest BCUT2D eigenvalue weighted by Gasteiger charge is 2.32. The molecular weight excluding hydrogens is 212 g/mol. The summed E-state index contributed by atoms with van der Waals surface area (Å²) < 4.78 is 0. The van der Waals surface area contributed by atoms with Gasteiger partial charge in [0.05, 0.1) is 0 Å². The molecule has 0 heterocycles. The van der Waals surface area contributed by atoms with Gasteiger partial charge in [0.1, 0.15) is 0 Å². The molecule has 3 unspecified atom stereocenters. The minimum Gasteiger partial charge on any atom is -0.346 e. The fourth-order valence-electron chi connectivity index (χ4n) is 2.65. The summed E-state index contributed by atoms with van der Waals surface area (Å²) in [4.78, 5) is 14.2. The molecule has 1 aliphatic rings. The topological polar surface area (TPSA) is 46.3 Å². The Morgan fingerprint density at radius 3 is 2.59 bits per heavy atom. The van der Waals surface area contributed by atoms with Crippen LogP contribution in [0.25, 0.3) is 0 Å². The normalized spacial score (nSPS) is 29.4. The predicted molar refractivity (Wildman–Crippen MR) is 71.6 cm³/mol. The summed E-state index contributed by atoms with van der Waals surface area (Å²) in [5.74, 6) is 1.62. The molecule has 0 spiro atoms. The lowest BCUT2D eigenvalue weighted by atomic mass is 9.77. The van der Waals surface area contributed by atoms with Gasteiger partial charge in [0.2, 0.25) is 5.91 Å². The third kappa shape index (κ3) is 4.30. The van der Waals surface area contributed by atoms with Crippen molar-refractivity contribution >= 4 is 5.91 Å². The van der Waals surface area contributed by atoms with Crippen molar-refractivity contribution < 1.29 is 4.79 Å². The zero-order chi connectivity index (χ0) is 13.0. The summed E-state index contributed by atoms with van der Waals surface area (Å²) in [5.41, 5.74) is 5.94. The lowest BCUT2D eigenvalue weighted by molar-refractivity contribution is -0.137. The standard InChI is InChI=1S/C14H28N2O/c1-10(2)7-8-16(4)14(17)13-6-5-12(15)9-11(13)3/h10-13H,5-9,15H2,1-4H3. The monoisotopic (exact) mass is 240 g/mol. The first-order valence-electron chi connectivity index (χ1n) is 6.92. The average molecular weight is 240 g/mol. The van der Waals surface area contributed by atoms with Crippen LogP contribution < -0.4 is 5.73 Å². The maximum atomic E-state index is 12.3.